The molecule has 4 nitrogen and oxygen atoms in total. The fourth-order valence-corrected chi connectivity index (χ4v) is 3.23. The quantitative estimate of drug-likeness (QED) is 0.753. The van der Waals surface area contributed by atoms with Crippen LogP contribution in [0.25, 0.3) is 0 Å². The van der Waals surface area contributed by atoms with Gasteiger partial charge in [-0.05, 0) is 18.2 Å². The lowest BCUT2D eigenvalue weighted by molar-refractivity contribution is 0.148. The summed E-state index contributed by atoms with van der Waals surface area (Å²) in [6, 6.07) is 11.0. The van der Waals surface area contributed by atoms with Crippen LogP contribution in [0.5, 0.6) is 0 Å². The number of carbonyl (C=O) groups is 1. The van der Waals surface area contributed by atoms with E-state index in [0.717, 1.165) is 9.79 Å². The Balaban J connectivity index is 2.04. The summed E-state index contributed by atoms with van der Waals surface area (Å²) in [5, 5.41) is 13.8. The Labute approximate surface area is 113 Å². The summed E-state index contributed by atoms with van der Waals surface area (Å²) >= 11 is 2.98. The van der Waals surface area contributed by atoms with Crippen LogP contribution in [0.4, 0.5) is 4.79 Å². The molecular weight excluding hydrogens is 268 g/mol. The van der Waals surface area contributed by atoms with Crippen LogP contribution >= 0.6 is 23.1 Å². The zero-order valence-electron chi connectivity index (χ0n) is 9.37. The fraction of sp³-hybridized carbons (Fsp3) is 0.0833. The molecule has 0 aliphatic carbocycles. The molecule has 1 aromatic carbocycles. The summed E-state index contributed by atoms with van der Waals surface area (Å²) in [6.45, 7) is 0. The Morgan fingerprint density at radius 1 is 1.33 bits per heavy atom. The molecule has 1 atom stereocenters. The van der Waals surface area contributed by atoms with Gasteiger partial charge in [-0.3, -0.25) is 0 Å². The van der Waals surface area contributed by atoms with Crippen LogP contribution in [0.15, 0.2) is 51.6 Å². The summed E-state index contributed by atoms with van der Waals surface area (Å²) < 4.78 is 0. The fourth-order valence-electron chi connectivity index (χ4n) is 1.36. The molecule has 0 aliphatic heterocycles. The number of aliphatic hydroxyl groups excluding tert-OH is 1. The first-order valence-corrected chi connectivity index (χ1v) is 6.90. The van der Waals surface area contributed by atoms with Crippen LogP contribution in [-0.4, -0.2) is 11.1 Å². The molecule has 94 valence electrons. The maximum atomic E-state index is 10.6. The zero-order chi connectivity index (χ0) is 13.0. The molecule has 0 fully saturated rings. The van der Waals surface area contributed by atoms with E-state index in [1.54, 1.807) is 11.8 Å². The smallest absolute Gasteiger partial charge is 0.314 e. The summed E-state index contributed by atoms with van der Waals surface area (Å²) in [7, 11) is 0. The van der Waals surface area contributed by atoms with E-state index in [4.69, 9.17) is 5.73 Å². The second-order valence-corrected chi connectivity index (χ2v) is 5.60. The molecule has 0 aliphatic rings. The molecule has 1 aromatic heterocycles. The van der Waals surface area contributed by atoms with Gasteiger partial charge in [-0.25, -0.2) is 4.79 Å². The number of urea groups is 1. The van der Waals surface area contributed by atoms with Gasteiger partial charge in [-0.15, -0.1) is 11.3 Å². The third-order valence-corrected chi connectivity index (χ3v) is 4.24. The van der Waals surface area contributed by atoms with Gasteiger partial charge in [0, 0.05) is 15.2 Å². The Bertz CT molecular complexity index is 528. The zero-order valence-corrected chi connectivity index (χ0v) is 11.0. The monoisotopic (exact) mass is 280 g/mol. The lowest BCUT2D eigenvalue weighted by atomic mass is 10.4. The average Bonchev–Trinajstić information content (AvgIpc) is 2.78. The van der Waals surface area contributed by atoms with Crippen LogP contribution in [0.2, 0.25) is 0 Å². The minimum absolute atomic E-state index is 0.659. The van der Waals surface area contributed by atoms with Crippen molar-refractivity contribution in [2.75, 3.05) is 0 Å². The van der Waals surface area contributed by atoms with E-state index in [9.17, 15) is 9.90 Å². The van der Waals surface area contributed by atoms with E-state index in [0.29, 0.717) is 4.88 Å². The van der Waals surface area contributed by atoms with Gasteiger partial charge in [0.15, 0.2) is 6.23 Å². The van der Waals surface area contributed by atoms with Crippen molar-refractivity contribution in [3.8, 4) is 0 Å². The summed E-state index contributed by atoms with van der Waals surface area (Å²) in [4.78, 5) is 13.4. The summed E-state index contributed by atoms with van der Waals surface area (Å²) in [5.74, 6) is 0. The van der Waals surface area contributed by atoms with Gasteiger partial charge in [0.1, 0.15) is 0 Å². The van der Waals surface area contributed by atoms with E-state index in [1.165, 1.54) is 11.3 Å². The van der Waals surface area contributed by atoms with Gasteiger partial charge in [-0.1, -0.05) is 30.0 Å². The van der Waals surface area contributed by atoms with Gasteiger partial charge in [0.2, 0.25) is 0 Å². The third-order valence-electron chi connectivity index (χ3n) is 2.12. The predicted octanol–water partition coefficient (Wildman–Crippen LogP) is 2.56. The van der Waals surface area contributed by atoms with Crippen molar-refractivity contribution in [3.63, 3.8) is 0 Å². The van der Waals surface area contributed by atoms with Gasteiger partial charge < -0.3 is 16.2 Å². The number of rotatable bonds is 4. The minimum atomic E-state index is -1.04. The lowest BCUT2D eigenvalue weighted by Crippen LogP contribution is -2.32. The van der Waals surface area contributed by atoms with Gasteiger partial charge in [-0.2, -0.15) is 0 Å². The number of hydrogen-bond acceptors (Lipinski definition) is 4. The van der Waals surface area contributed by atoms with Gasteiger partial charge >= 0.3 is 6.03 Å². The van der Waals surface area contributed by atoms with Gasteiger partial charge in [0.25, 0.3) is 0 Å². The first kappa shape index (κ1) is 12.9. The third kappa shape index (κ3) is 3.49. The maximum absolute atomic E-state index is 10.6. The van der Waals surface area contributed by atoms with Crippen LogP contribution in [0, 0.1) is 0 Å². The van der Waals surface area contributed by atoms with Crippen molar-refractivity contribution in [3.05, 3.63) is 46.7 Å². The molecule has 6 heteroatoms. The molecule has 0 radical (unpaired) electrons. The topological polar surface area (TPSA) is 75.4 Å². The van der Waals surface area contributed by atoms with E-state index in [2.05, 4.69) is 5.32 Å². The van der Waals surface area contributed by atoms with Crippen LogP contribution < -0.4 is 11.1 Å². The summed E-state index contributed by atoms with van der Waals surface area (Å²) in [6.07, 6.45) is -1.04. The van der Waals surface area contributed by atoms with Crippen molar-refractivity contribution in [1.82, 2.24) is 5.32 Å². The molecule has 0 saturated heterocycles. The number of nitrogens with one attached hydrogen (secondary N) is 1. The van der Waals surface area contributed by atoms with E-state index < -0.39 is 12.3 Å². The van der Waals surface area contributed by atoms with E-state index in [1.807, 2.05) is 41.8 Å². The molecular formula is C12H12N2O2S2. The Morgan fingerprint density at radius 3 is 2.72 bits per heavy atom. The highest BCUT2D eigenvalue weighted by molar-refractivity contribution is 7.99. The molecule has 1 unspecified atom stereocenters. The van der Waals surface area contributed by atoms with Crippen molar-refractivity contribution < 1.29 is 9.90 Å². The van der Waals surface area contributed by atoms with Gasteiger partial charge in [0.05, 0.1) is 4.88 Å². The second kappa shape index (κ2) is 5.90. The SMILES string of the molecule is NC(=O)NC(O)c1cc(Sc2ccccc2)cs1. The first-order valence-electron chi connectivity index (χ1n) is 5.20. The predicted molar refractivity (Wildman–Crippen MR) is 72.6 cm³/mol. The van der Waals surface area contributed by atoms with Crippen molar-refractivity contribution in [2.24, 2.45) is 5.73 Å². The molecule has 18 heavy (non-hydrogen) atoms. The number of aliphatic hydroxyl groups is 1. The van der Waals surface area contributed by atoms with Crippen LogP contribution in [-0.2, 0) is 0 Å². The number of thiophene rings is 1. The highest BCUT2D eigenvalue weighted by atomic mass is 32.2. The number of hydrogen-bond donors (Lipinski definition) is 3. The van der Waals surface area contributed by atoms with E-state index >= 15 is 0 Å². The highest BCUT2D eigenvalue weighted by Crippen LogP contribution is 2.32. The lowest BCUT2D eigenvalue weighted by Gasteiger charge is -2.07. The Kier molecular flexibility index (Phi) is 4.24. The maximum Gasteiger partial charge on any atom is 0.314 e. The van der Waals surface area contributed by atoms with Crippen LogP contribution in [0.1, 0.15) is 11.1 Å². The molecule has 2 amide bonds. The molecule has 0 bridgehead atoms. The molecule has 0 saturated carbocycles. The molecule has 2 aromatic rings. The van der Waals surface area contributed by atoms with Crippen LogP contribution in [0.3, 0.4) is 0 Å². The second-order valence-electron chi connectivity index (χ2n) is 3.51. The molecule has 2 rings (SSSR count). The van der Waals surface area contributed by atoms with Crippen molar-refractivity contribution >= 4 is 29.1 Å². The summed E-state index contributed by atoms with van der Waals surface area (Å²) in [5.41, 5.74) is 4.95. The number of benzene rings is 1. The highest BCUT2D eigenvalue weighted by Gasteiger charge is 2.12. The molecule has 4 N–H and O–H groups in total. The average molecular weight is 280 g/mol. The first-order chi connectivity index (χ1) is 8.65. The van der Waals surface area contributed by atoms with Crippen molar-refractivity contribution in [2.45, 2.75) is 16.0 Å². The van der Waals surface area contributed by atoms with Crippen molar-refractivity contribution in [1.29, 1.82) is 0 Å². The number of primary amides is 1. The number of carbonyl (C=O) groups excluding carboxylic acids is 1. The number of nitrogens with two attached hydrogens (primary N) is 1. The Hall–Kier alpha value is -1.50. The molecule has 1 heterocycles. The standard InChI is InChI=1S/C12H12N2O2S2/c13-12(16)14-11(15)10-6-9(7-17-10)18-8-4-2-1-3-5-8/h1-7,11,15H,(H3,13,14,16). The largest absolute Gasteiger partial charge is 0.369 e. The normalized spacial score (nSPS) is 12.1. The minimum Gasteiger partial charge on any atom is -0.369 e. The Morgan fingerprint density at radius 2 is 2.06 bits per heavy atom. The molecule has 0 spiro atoms. The van der Waals surface area contributed by atoms with E-state index in [-0.39, 0.29) is 0 Å². The number of amides is 2.